The van der Waals surface area contributed by atoms with Gasteiger partial charge in [-0.15, -0.1) is 10.2 Å². The number of rotatable bonds is 4. The van der Waals surface area contributed by atoms with E-state index in [1.165, 1.54) is 29.5 Å². The lowest BCUT2D eigenvalue weighted by Gasteiger charge is -2.31. The molecule has 1 atom stereocenters. The highest BCUT2D eigenvalue weighted by Gasteiger charge is 2.28. The van der Waals surface area contributed by atoms with Crippen LogP contribution in [0.1, 0.15) is 33.6 Å². The molecule has 0 spiro atoms. The molecule has 160 valence electrons. The minimum absolute atomic E-state index is 0.00733. The first-order chi connectivity index (χ1) is 15.0. The fourth-order valence-electron chi connectivity index (χ4n) is 3.34. The molecule has 2 N–H and O–H groups in total. The quantitative estimate of drug-likeness (QED) is 0.575. The summed E-state index contributed by atoms with van der Waals surface area (Å²) in [6.45, 7) is 1.05. The average Bonchev–Trinajstić information content (AvgIpc) is 3.28. The Balaban J connectivity index is 1.38. The smallest absolute Gasteiger partial charge is 0.321 e. The lowest BCUT2D eigenvalue weighted by Crippen LogP contribution is -2.41. The topological polar surface area (TPSA) is 87.2 Å². The van der Waals surface area contributed by atoms with Crippen LogP contribution in [0.4, 0.5) is 20.6 Å². The Hall–Kier alpha value is -3.04. The van der Waals surface area contributed by atoms with E-state index < -0.39 is 5.82 Å². The third kappa shape index (κ3) is 5.18. The third-order valence-electron chi connectivity index (χ3n) is 4.90. The van der Waals surface area contributed by atoms with Gasteiger partial charge in [0.05, 0.1) is 5.02 Å². The van der Waals surface area contributed by atoms with Crippen LogP contribution in [0.2, 0.25) is 5.02 Å². The fraction of sp³-hybridized carbons (Fsp3) is 0.238. The van der Waals surface area contributed by atoms with Crippen LogP contribution in [0, 0.1) is 5.82 Å². The number of anilines is 2. The van der Waals surface area contributed by atoms with E-state index in [2.05, 4.69) is 20.8 Å². The van der Waals surface area contributed by atoms with E-state index >= 15 is 0 Å². The molecule has 2 heterocycles. The predicted octanol–water partition coefficient (Wildman–Crippen LogP) is 4.99. The largest absolute Gasteiger partial charge is 0.324 e. The van der Waals surface area contributed by atoms with E-state index in [0.717, 1.165) is 17.8 Å². The zero-order chi connectivity index (χ0) is 21.8. The van der Waals surface area contributed by atoms with Crippen LogP contribution in [-0.4, -0.2) is 40.1 Å². The molecule has 3 aromatic rings. The van der Waals surface area contributed by atoms with Gasteiger partial charge < -0.3 is 15.5 Å². The van der Waals surface area contributed by atoms with Crippen molar-refractivity contribution in [2.24, 2.45) is 0 Å². The first-order valence-electron chi connectivity index (χ1n) is 9.70. The van der Waals surface area contributed by atoms with E-state index in [0.29, 0.717) is 24.5 Å². The van der Waals surface area contributed by atoms with Crippen molar-refractivity contribution < 1.29 is 14.0 Å². The highest BCUT2D eigenvalue weighted by molar-refractivity contribution is 7.13. The lowest BCUT2D eigenvalue weighted by atomic mass is 9.99. The average molecular weight is 460 g/mol. The van der Waals surface area contributed by atoms with Gasteiger partial charge in [0.2, 0.25) is 5.01 Å². The number of amides is 3. The van der Waals surface area contributed by atoms with Crippen LogP contribution in [0.15, 0.2) is 48.5 Å². The molecule has 0 saturated carbocycles. The Bertz CT molecular complexity index is 1090. The standard InChI is InChI=1S/C21H19ClFN5O2S/c22-16-11-15(8-9-17(16)23)25-21(30)28-10-4-5-13(12-28)19-26-27-20(31-19)18(29)24-14-6-2-1-3-7-14/h1-3,6-9,11,13H,4-5,10,12H2,(H,24,29)(H,25,30)/t13-/m1/s1. The molecular weight excluding hydrogens is 441 g/mol. The van der Waals surface area contributed by atoms with Crippen molar-refractivity contribution in [2.45, 2.75) is 18.8 Å². The second kappa shape index (κ2) is 9.40. The zero-order valence-electron chi connectivity index (χ0n) is 16.3. The number of carbonyl (C=O) groups is 2. The summed E-state index contributed by atoms with van der Waals surface area (Å²) in [5.74, 6) is -0.860. The summed E-state index contributed by atoms with van der Waals surface area (Å²) < 4.78 is 13.3. The van der Waals surface area contributed by atoms with Crippen LogP contribution in [0.25, 0.3) is 0 Å². The van der Waals surface area contributed by atoms with E-state index in [1.807, 2.05) is 18.2 Å². The molecule has 1 aliphatic rings. The van der Waals surface area contributed by atoms with Gasteiger partial charge in [0.15, 0.2) is 0 Å². The predicted molar refractivity (Wildman–Crippen MR) is 118 cm³/mol. The van der Waals surface area contributed by atoms with Gasteiger partial charge in [-0.2, -0.15) is 0 Å². The van der Waals surface area contributed by atoms with Crippen molar-refractivity contribution >= 4 is 46.3 Å². The van der Waals surface area contributed by atoms with E-state index in [4.69, 9.17) is 11.6 Å². The van der Waals surface area contributed by atoms with Crippen LogP contribution in [-0.2, 0) is 0 Å². The monoisotopic (exact) mass is 459 g/mol. The SMILES string of the molecule is O=C(Nc1ccccc1)c1nnc([C@@H]2CCCN(C(=O)Nc3ccc(F)c(Cl)c3)C2)s1. The Morgan fingerprint density at radius 2 is 1.90 bits per heavy atom. The lowest BCUT2D eigenvalue weighted by molar-refractivity contribution is 0.102. The number of carbonyl (C=O) groups excluding carboxylic acids is 2. The molecule has 4 rings (SSSR count). The molecule has 0 aliphatic carbocycles. The van der Waals surface area contributed by atoms with Gasteiger partial charge in [-0.25, -0.2) is 9.18 Å². The number of para-hydroxylation sites is 1. The Labute approximate surface area is 187 Å². The van der Waals surface area contributed by atoms with Gasteiger partial charge in [-0.3, -0.25) is 4.79 Å². The number of nitrogens with zero attached hydrogens (tertiary/aromatic N) is 3. The van der Waals surface area contributed by atoms with E-state index in [9.17, 15) is 14.0 Å². The summed E-state index contributed by atoms with van der Waals surface area (Å²) in [5.41, 5.74) is 1.11. The number of likely N-dealkylation sites (tertiary alicyclic amines) is 1. The minimum Gasteiger partial charge on any atom is -0.324 e. The molecule has 10 heteroatoms. The summed E-state index contributed by atoms with van der Waals surface area (Å²) in [5, 5.41) is 14.7. The molecule has 1 saturated heterocycles. The van der Waals surface area contributed by atoms with Crippen molar-refractivity contribution in [1.82, 2.24) is 15.1 Å². The number of hydrogen-bond donors (Lipinski definition) is 2. The summed E-state index contributed by atoms with van der Waals surface area (Å²) in [7, 11) is 0. The molecular formula is C21H19ClFN5O2S. The van der Waals surface area contributed by atoms with Crippen LogP contribution in [0.5, 0.6) is 0 Å². The number of hydrogen-bond acceptors (Lipinski definition) is 5. The molecule has 31 heavy (non-hydrogen) atoms. The molecule has 0 bridgehead atoms. The van der Waals surface area contributed by atoms with Crippen molar-refractivity contribution in [1.29, 1.82) is 0 Å². The summed E-state index contributed by atoms with van der Waals surface area (Å²) in [6, 6.07) is 12.9. The Morgan fingerprint density at radius 1 is 1.10 bits per heavy atom. The Morgan fingerprint density at radius 3 is 2.68 bits per heavy atom. The van der Waals surface area contributed by atoms with Crippen molar-refractivity contribution in [3.63, 3.8) is 0 Å². The number of urea groups is 1. The first kappa shape index (κ1) is 21.2. The second-order valence-corrected chi connectivity index (χ2v) is 8.53. The number of nitrogens with one attached hydrogen (secondary N) is 2. The highest BCUT2D eigenvalue weighted by atomic mass is 35.5. The van der Waals surface area contributed by atoms with Crippen LogP contribution < -0.4 is 10.6 Å². The Kier molecular flexibility index (Phi) is 6.43. The summed E-state index contributed by atoms with van der Waals surface area (Å²) in [6.07, 6.45) is 1.65. The van der Waals surface area contributed by atoms with E-state index in [1.54, 1.807) is 17.0 Å². The molecule has 1 aliphatic heterocycles. The number of piperidine rings is 1. The first-order valence-corrected chi connectivity index (χ1v) is 10.9. The van der Waals surface area contributed by atoms with Gasteiger partial charge in [-0.05, 0) is 43.2 Å². The van der Waals surface area contributed by atoms with E-state index in [-0.39, 0.29) is 27.9 Å². The molecule has 2 aromatic carbocycles. The molecule has 0 unspecified atom stereocenters. The molecule has 1 fully saturated rings. The number of benzene rings is 2. The normalized spacial score (nSPS) is 16.1. The van der Waals surface area contributed by atoms with Crippen molar-refractivity contribution in [2.75, 3.05) is 23.7 Å². The minimum atomic E-state index is -0.541. The third-order valence-corrected chi connectivity index (χ3v) is 6.27. The van der Waals surface area contributed by atoms with Crippen LogP contribution in [0.3, 0.4) is 0 Å². The maximum absolute atomic E-state index is 13.3. The van der Waals surface area contributed by atoms with Gasteiger partial charge in [0.25, 0.3) is 5.91 Å². The van der Waals surface area contributed by atoms with Gasteiger partial charge in [-0.1, -0.05) is 41.1 Å². The van der Waals surface area contributed by atoms with Gasteiger partial charge >= 0.3 is 6.03 Å². The van der Waals surface area contributed by atoms with Crippen LogP contribution >= 0.6 is 22.9 Å². The highest BCUT2D eigenvalue weighted by Crippen LogP contribution is 2.30. The van der Waals surface area contributed by atoms with Crippen molar-refractivity contribution in [3.05, 3.63) is 69.4 Å². The second-order valence-electron chi connectivity index (χ2n) is 7.11. The summed E-state index contributed by atoms with van der Waals surface area (Å²) >= 11 is 7.02. The zero-order valence-corrected chi connectivity index (χ0v) is 17.9. The maximum Gasteiger partial charge on any atom is 0.321 e. The number of aromatic nitrogens is 2. The molecule has 3 amide bonds. The number of halogens is 2. The molecule has 0 radical (unpaired) electrons. The summed E-state index contributed by atoms with van der Waals surface area (Å²) in [4.78, 5) is 26.7. The molecule has 1 aromatic heterocycles. The maximum atomic E-state index is 13.3. The van der Waals surface area contributed by atoms with Gasteiger partial charge in [0.1, 0.15) is 10.8 Å². The van der Waals surface area contributed by atoms with Crippen molar-refractivity contribution in [3.8, 4) is 0 Å². The molecule has 7 nitrogen and oxygen atoms in total. The fourth-order valence-corrected chi connectivity index (χ4v) is 4.38. The van der Waals surface area contributed by atoms with Gasteiger partial charge in [0, 0.05) is 30.4 Å².